The van der Waals surface area contributed by atoms with Crippen molar-refractivity contribution >= 4 is 10.0 Å². The lowest BCUT2D eigenvalue weighted by atomic mass is 9.94. The smallest absolute Gasteiger partial charge is 0.214 e. The highest BCUT2D eigenvalue weighted by molar-refractivity contribution is 7.89. The highest BCUT2D eigenvalue weighted by Crippen LogP contribution is 2.24. The van der Waals surface area contributed by atoms with E-state index in [9.17, 15) is 8.42 Å². The molecule has 0 radical (unpaired) electrons. The van der Waals surface area contributed by atoms with E-state index in [1.54, 1.807) is 4.31 Å². The van der Waals surface area contributed by atoms with Crippen molar-refractivity contribution < 1.29 is 8.42 Å². The molecule has 5 heteroatoms. The van der Waals surface area contributed by atoms with E-state index in [0.29, 0.717) is 19.5 Å². The Bertz CT molecular complexity index is 346. The zero-order valence-corrected chi connectivity index (χ0v) is 12.8. The van der Waals surface area contributed by atoms with Gasteiger partial charge in [0.1, 0.15) is 0 Å². The van der Waals surface area contributed by atoms with Gasteiger partial charge >= 0.3 is 0 Å². The Hall–Kier alpha value is -0.130. The Morgan fingerprint density at radius 2 is 1.89 bits per heavy atom. The number of nitrogens with two attached hydrogens (primary N) is 1. The number of sulfonamides is 1. The second-order valence-electron chi connectivity index (χ2n) is 6.48. The summed E-state index contributed by atoms with van der Waals surface area (Å²) in [6.45, 7) is 7.31. The summed E-state index contributed by atoms with van der Waals surface area (Å²) in [7, 11) is -3.15. The number of rotatable bonds is 4. The van der Waals surface area contributed by atoms with Crippen molar-refractivity contribution in [3.63, 3.8) is 0 Å². The fraction of sp³-hybridized carbons (Fsp3) is 1.00. The summed E-state index contributed by atoms with van der Waals surface area (Å²) in [5.74, 6) is 0.243. The molecule has 1 aliphatic heterocycles. The minimum absolute atomic E-state index is 0.0115. The van der Waals surface area contributed by atoms with Gasteiger partial charge in [-0.25, -0.2) is 8.42 Å². The molecule has 1 aliphatic rings. The average molecular weight is 276 g/mol. The maximum atomic E-state index is 12.4. The molecule has 18 heavy (non-hydrogen) atoms. The summed E-state index contributed by atoms with van der Waals surface area (Å²) in [5, 5.41) is 0. The molecule has 0 saturated carbocycles. The highest BCUT2D eigenvalue weighted by Gasteiger charge is 2.30. The zero-order valence-electron chi connectivity index (χ0n) is 12.0. The topological polar surface area (TPSA) is 63.4 Å². The van der Waals surface area contributed by atoms with Crippen LogP contribution in [-0.2, 0) is 10.0 Å². The van der Waals surface area contributed by atoms with Crippen molar-refractivity contribution in [2.45, 2.75) is 58.9 Å². The van der Waals surface area contributed by atoms with Gasteiger partial charge in [-0.1, -0.05) is 33.6 Å². The van der Waals surface area contributed by atoms with Crippen LogP contribution < -0.4 is 5.73 Å². The number of hydrogen-bond acceptors (Lipinski definition) is 3. The summed E-state index contributed by atoms with van der Waals surface area (Å²) in [4.78, 5) is 0. The van der Waals surface area contributed by atoms with Crippen LogP contribution in [-0.4, -0.2) is 37.6 Å². The van der Waals surface area contributed by atoms with Gasteiger partial charge in [0.25, 0.3) is 0 Å². The molecule has 1 rings (SSSR count). The van der Waals surface area contributed by atoms with Crippen LogP contribution in [0.1, 0.15) is 52.9 Å². The van der Waals surface area contributed by atoms with Crippen molar-refractivity contribution in [1.82, 2.24) is 4.31 Å². The largest absolute Gasteiger partial charge is 0.329 e. The molecule has 108 valence electrons. The molecule has 0 aromatic heterocycles. The Kier molecular flexibility index (Phi) is 5.62. The van der Waals surface area contributed by atoms with Crippen LogP contribution in [0.3, 0.4) is 0 Å². The van der Waals surface area contributed by atoms with E-state index in [1.165, 1.54) is 0 Å². The Morgan fingerprint density at radius 1 is 1.22 bits per heavy atom. The minimum Gasteiger partial charge on any atom is -0.329 e. The van der Waals surface area contributed by atoms with E-state index in [4.69, 9.17) is 5.73 Å². The third-order valence-electron chi connectivity index (χ3n) is 3.56. The molecule has 1 heterocycles. The van der Waals surface area contributed by atoms with Gasteiger partial charge in [0.15, 0.2) is 0 Å². The van der Waals surface area contributed by atoms with Crippen molar-refractivity contribution in [2.24, 2.45) is 11.1 Å². The Balaban J connectivity index is 2.74. The van der Waals surface area contributed by atoms with E-state index >= 15 is 0 Å². The van der Waals surface area contributed by atoms with Gasteiger partial charge in [0, 0.05) is 19.1 Å². The van der Waals surface area contributed by atoms with Crippen molar-refractivity contribution in [2.75, 3.05) is 18.8 Å². The Morgan fingerprint density at radius 3 is 2.44 bits per heavy atom. The van der Waals surface area contributed by atoms with Crippen molar-refractivity contribution in [3.8, 4) is 0 Å². The summed E-state index contributed by atoms with van der Waals surface area (Å²) in [6.07, 6.45) is 4.77. The van der Waals surface area contributed by atoms with Crippen LogP contribution in [0.5, 0.6) is 0 Å². The predicted octanol–water partition coefficient (Wildman–Crippen LogP) is 1.96. The molecular weight excluding hydrogens is 248 g/mol. The van der Waals surface area contributed by atoms with Crippen LogP contribution >= 0.6 is 0 Å². The van der Waals surface area contributed by atoms with E-state index in [2.05, 4.69) is 20.8 Å². The third-order valence-corrected chi connectivity index (χ3v) is 5.48. The first-order chi connectivity index (χ1) is 8.26. The van der Waals surface area contributed by atoms with Crippen molar-refractivity contribution in [1.29, 1.82) is 0 Å². The third kappa shape index (κ3) is 4.86. The first-order valence-corrected chi connectivity index (χ1v) is 8.57. The monoisotopic (exact) mass is 276 g/mol. The van der Waals surface area contributed by atoms with E-state index in [1.807, 2.05) is 0 Å². The van der Waals surface area contributed by atoms with E-state index in [0.717, 1.165) is 25.7 Å². The molecule has 0 aromatic rings. The molecule has 0 aromatic carbocycles. The second kappa shape index (κ2) is 6.35. The summed E-state index contributed by atoms with van der Waals surface area (Å²) in [6, 6.07) is 0.0115. The summed E-state index contributed by atoms with van der Waals surface area (Å²) < 4.78 is 26.5. The molecule has 1 unspecified atom stereocenters. The van der Waals surface area contributed by atoms with Crippen LogP contribution in [0.15, 0.2) is 0 Å². The normalized spacial score (nSPS) is 23.9. The fourth-order valence-electron chi connectivity index (χ4n) is 2.30. The lowest BCUT2D eigenvalue weighted by Gasteiger charge is -2.29. The fourth-order valence-corrected chi connectivity index (χ4v) is 4.46. The average Bonchev–Trinajstić information content (AvgIpc) is 2.50. The maximum Gasteiger partial charge on any atom is 0.214 e. The van der Waals surface area contributed by atoms with Gasteiger partial charge < -0.3 is 5.73 Å². The molecule has 4 nitrogen and oxygen atoms in total. The molecular formula is C13H28N2O2S. The van der Waals surface area contributed by atoms with E-state index in [-0.39, 0.29) is 17.2 Å². The lowest BCUT2D eigenvalue weighted by molar-refractivity contribution is 0.322. The van der Waals surface area contributed by atoms with Crippen LogP contribution in [0.25, 0.3) is 0 Å². The summed E-state index contributed by atoms with van der Waals surface area (Å²) >= 11 is 0. The molecule has 0 aliphatic carbocycles. The molecule has 0 spiro atoms. The molecule has 1 atom stereocenters. The second-order valence-corrected chi connectivity index (χ2v) is 8.52. The highest BCUT2D eigenvalue weighted by atomic mass is 32.2. The molecule has 0 amide bonds. The maximum absolute atomic E-state index is 12.4. The van der Waals surface area contributed by atoms with Gasteiger partial charge in [-0.2, -0.15) is 4.31 Å². The Labute approximate surface area is 112 Å². The molecule has 1 saturated heterocycles. The van der Waals surface area contributed by atoms with Gasteiger partial charge in [-0.15, -0.1) is 0 Å². The number of hydrogen-bond donors (Lipinski definition) is 1. The number of nitrogens with zero attached hydrogens (tertiary/aromatic N) is 1. The van der Waals surface area contributed by atoms with Crippen LogP contribution in [0, 0.1) is 5.41 Å². The standard InChI is InChI=1S/C13H28N2O2S/c1-13(2,3)8-10-18(16,17)15-9-6-4-5-7-12(15)11-14/h12H,4-11,14H2,1-3H3. The zero-order chi connectivity index (χ0) is 13.8. The minimum atomic E-state index is -3.15. The molecule has 1 fully saturated rings. The SMILES string of the molecule is CC(C)(C)CCS(=O)(=O)N1CCCCCC1CN. The quantitative estimate of drug-likeness (QED) is 0.853. The molecule has 0 bridgehead atoms. The summed E-state index contributed by atoms with van der Waals surface area (Å²) in [5.41, 5.74) is 5.79. The first-order valence-electron chi connectivity index (χ1n) is 6.96. The van der Waals surface area contributed by atoms with Gasteiger partial charge in [0.2, 0.25) is 10.0 Å². The predicted molar refractivity (Wildman–Crippen MR) is 75.9 cm³/mol. The van der Waals surface area contributed by atoms with Crippen LogP contribution in [0.2, 0.25) is 0 Å². The first kappa shape index (κ1) is 15.9. The molecule has 2 N–H and O–H groups in total. The van der Waals surface area contributed by atoms with Crippen molar-refractivity contribution in [3.05, 3.63) is 0 Å². The van der Waals surface area contributed by atoms with Gasteiger partial charge in [-0.3, -0.25) is 0 Å². The van der Waals surface area contributed by atoms with Gasteiger partial charge in [-0.05, 0) is 24.7 Å². The lowest BCUT2D eigenvalue weighted by Crippen LogP contribution is -2.45. The van der Waals surface area contributed by atoms with Crippen LogP contribution in [0.4, 0.5) is 0 Å². The van der Waals surface area contributed by atoms with Gasteiger partial charge in [0.05, 0.1) is 5.75 Å². The van der Waals surface area contributed by atoms with E-state index < -0.39 is 10.0 Å².